The van der Waals surface area contributed by atoms with Crippen LogP contribution in [0.3, 0.4) is 0 Å². The third-order valence-electron chi connectivity index (χ3n) is 5.43. The second-order valence-corrected chi connectivity index (χ2v) is 7.68. The number of nitrogens with zero attached hydrogens (tertiary/aromatic N) is 2. The normalized spacial score (nSPS) is 15.3. The van der Waals surface area contributed by atoms with Gasteiger partial charge in [-0.2, -0.15) is 9.37 Å². The van der Waals surface area contributed by atoms with Crippen LogP contribution < -0.4 is 20.5 Å². The zero-order valence-electron chi connectivity index (χ0n) is 18.0. The predicted octanol–water partition coefficient (Wildman–Crippen LogP) is 4.42. The van der Waals surface area contributed by atoms with Crippen LogP contribution in [0.4, 0.5) is 16.1 Å². The molecule has 2 aromatic carbocycles. The highest BCUT2D eigenvalue weighted by atomic mass is 19.1. The van der Waals surface area contributed by atoms with Crippen molar-refractivity contribution in [2.45, 2.75) is 39.3 Å². The molecule has 1 aliphatic heterocycles. The molecule has 1 fully saturated rings. The first kappa shape index (κ1) is 21.2. The number of nitrogens with one attached hydrogen (secondary N) is 1. The molecule has 3 aromatic rings. The van der Waals surface area contributed by atoms with Crippen LogP contribution in [-0.2, 0) is 6.54 Å². The van der Waals surface area contributed by atoms with Crippen LogP contribution in [0.2, 0.25) is 0 Å². The number of aromatic nitrogens is 1. The number of likely N-dealkylation sites (tertiary alicyclic amines) is 1. The summed E-state index contributed by atoms with van der Waals surface area (Å²) in [4.78, 5) is 6.83. The Labute approximate surface area is 181 Å². The number of fused-ring (bicyclic) bond motifs is 1. The highest BCUT2D eigenvalue weighted by Crippen LogP contribution is 2.30. The maximum Gasteiger partial charge on any atom is 0.295 e. The van der Waals surface area contributed by atoms with E-state index in [2.05, 4.69) is 15.2 Å². The van der Waals surface area contributed by atoms with E-state index in [4.69, 9.17) is 19.6 Å². The lowest BCUT2D eigenvalue weighted by molar-refractivity contribution is 0.209. The van der Waals surface area contributed by atoms with Gasteiger partial charge in [-0.1, -0.05) is 6.07 Å². The number of oxazole rings is 1. The van der Waals surface area contributed by atoms with Gasteiger partial charge in [0.25, 0.3) is 6.01 Å². The molecule has 2 heterocycles. The second-order valence-electron chi connectivity index (χ2n) is 7.68. The first-order chi connectivity index (χ1) is 15.1. The van der Waals surface area contributed by atoms with E-state index in [1.165, 1.54) is 0 Å². The van der Waals surface area contributed by atoms with Crippen molar-refractivity contribution in [2.24, 2.45) is 0 Å². The van der Waals surface area contributed by atoms with Crippen LogP contribution in [-0.4, -0.2) is 42.2 Å². The first-order valence-corrected chi connectivity index (χ1v) is 10.8. The summed E-state index contributed by atoms with van der Waals surface area (Å²) < 4.78 is 31.2. The van der Waals surface area contributed by atoms with Crippen molar-refractivity contribution >= 4 is 22.8 Å². The molecule has 0 radical (unpaired) electrons. The van der Waals surface area contributed by atoms with Crippen molar-refractivity contribution in [1.82, 2.24) is 9.88 Å². The average molecular weight is 429 g/mol. The van der Waals surface area contributed by atoms with Gasteiger partial charge in [-0.25, -0.2) is 0 Å². The molecule has 0 saturated carbocycles. The molecule has 0 bridgehead atoms. The van der Waals surface area contributed by atoms with Gasteiger partial charge in [-0.05, 0) is 56.5 Å². The van der Waals surface area contributed by atoms with Gasteiger partial charge in [0.05, 0.1) is 18.9 Å². The monoisotopic (exact) mass is 428 g/mol. The molecular formula is C23H29FN4O3. The lowest BCUT2D eigenvalue weighted by Crippen LogP contribution is -2.38. The lowest BCUT2D eigenvalue weighted by Gasteiger charge is -2.32. The van der Waals surface area contributed by atoms with Crippen molar-refractivity contribution in [3.8, 4) is 11.5 Å². The van der Waals surface area contributed by atoms with Gasteiger partial charge < -0.3 is 24.9 Å². The van der Waals surface area contributed by atoms with Gasteiger partial charge in [-0.3, -0.25) is 4.90 Å². The average Bonchev–Trinajstić information content (AvgIpc) is 3.17. The van der Waals surface area contributed by atoms with E-state index in [9.17, 15) is 4.39 Å². The van der Waals surface area contributed by atoms with Gasteiger partial charge in [0, 0.05) is 25.7 Å². The maximum atomic E-state index is 14.5. The van der Waals surface area contributed by atoms with E-state index >= 15 is 0 Å². The quantitative estimate of drug-likeness (QED) is 0.514. The summed E-state index contributed by atoms with van der Waals surface area (Å²) in [6.07, 6.45) is 1.90. The number of benzene rings is 2. The van der Waals surface area contributed by atoms with E-state index in [1.807, 2.05) is 26.0 Å². The van der Waals surface area contributed by atoms with Gasteiger partial charge in [0.2, 0.25) is 5.82 Å². The summed E-state index contributed by atoms with van der Waals surface area (Å²) >= 11 is 0. The summed E-state index contributed by atoms with van der Waals surface area (Å²) in [6, 6.07) is 9.89. The van der Waals surface area contributed by atoms with Crippen molar-refractivity contribution in [1.29, 1.82) is 0 Å². The number of ether oxygens (including phenoxy) is 2. The molecule has 3 N–H and O–H groups in total. The third-order valence-corrected chi connectivity index (χ3v) is 5.43. The van der Waals surface area contributed by atoms with E-state index in [0.717, 1.165) is 37.0 Å². The number of nitrogen functional groups attached to an aromatic ring is 1. The van der Waals surface area contributed by atoms with Crippen LogP contribution in [0.15, 0.2) is 34.7 Å². The van der Waals surface area contributed by atoms with Gasteiger partial charge in [0.15, 0.2) is 17.1 Å². The third kappa shape index (κ3) is 4.85. The summed E-state index contributed by atoms with van der Waals surface area (Å²) in [7, 11) is 0. The number of anilines is 2. The fourth-order valence-corrected chi connectivity index (χ4v) is 3.94. The van der Waals surface area contributed by atoms with Crippen molar-refractivity contribution in [3.05, 3.63) is 41.7 Å². The molecule has 1 aromatic heterocycles. The number of halogens is 1. The molecule has 8 heteroatoms. The van der Waals surface area contributed by atoms with Crippen LogP contribution >= 0.6 is 0 Å². The summed E-state index contributed by atoms with van der Waals surface area (Å²) in [5.41, 5.74) is 8.90. The van der Waals surface area contributed by atoms with Crippen molar-refractivity contribution in [3.63, 3.8) is 0 Å². The molecule has 0 aliphatic carbocycles. The Balaban J connectivity index is 1.37. The number of nitrogens with two attached hydrogens (primary N) is 1. The van der Waals surface area contributed by atoms with E-state index < -0.39 is 5.82 Å². The molecule has 166 valence electrons. The molecule has 0 atom stereocenters. The Morgan fingerprint density at radius 2 is 1.84 bits per heavy atom. The van der Waals surface area contributed by atoms with E-state index in [1.54, 1.807) is 18.2 Å². The number of piperidine rings is 1. The van der Waals surface area contributed by atoms with Crippen molar-refractivity contribution in [2.75, 3.05) is 37.4 Å². The molecule has 31 heavy (non-hydrogen) atoms. The minimum Gasteiger partial charge on any atom is -0.491 e. The molecule has 1 aliphatic rings. The highest BCUT2D eigenvalue weighted by Gasteiger charge is 2.22. The summed E-state index contributed by atoms with van der Waals surface area (Å²) in [5.74, 6) is 0.0554. The minimum atomic E-state index is -0.436. The number of rotatable bonds is 8. The Morgan fingerprint density at radius 3 is 2.45 bits per heavy atom. The first-order valence-electron chi connectivity index (χ1n) is 10.8. The smallest absolute Gasteiger partial charge is 0.295 e. The van der Waals surface area contributed by atoms with Gasteiger partial charge in [-0.15, -0.1) is 0 Å². The largest absolute Gasteiger partial charge is 0.491 e. The molecule has 0 unspecified atom stereocenters. The minimum absolute atomic E-state index is 0.246. The van der Waals surface area contributed by atoms with Crippen LogP contribution in [0.1, 0.15) is 32.3 Å². The Kier molecular flexibility index (Phi) is 6.46. The molecule has 7 nitrogen and oxygen atoms in total. The molecule has 0 spiro atoms. The molecule has 1 saturated heterocycles. The second kappa shape index (κ2) is 9.43. The standard InChI is InChI=1S/C23H29FN4O3/c1-3-29-19-12-15(13-20(21(19)24)30-4-2)14-28-10-8-16(9-11-28)26-23-27-18-7-5-6-17(25)22(18)31-23/h5-7,12-13,16H,3-4,8-11,14,25H2,1-2H3,(H,26,27). The Bertz CT molecular complexity index is 1000. The van der Waals surface area contributed by atoms with E-state index in [0.29, 0.717) is 37.0 Å². The van der Waals surface area contributed by atoms with Crippen LogP contribution in [0.25, 0.3) is 11.1 Å². The number of hydrogen-bond donors (Lipinski definition) is 2. The Hall–Kier alpha value is -3.00. The van der Waals surface area contributed by atoms with Gasteiger partial charge >= 0.3 is 0 Å². The summed E-state index contributed by atoms with van der Waals surface area (Å²) in [6.45, 7) is 7.03. The zero-order chi connectivity index (χ0) is 21.8. The fourth-order valence-electron chi connectivity index (χ4n) is 3.94. The SMILES string of the molecule is CCOc1cc(CN2CCC(Nc3nc4cccc(N)c4o3)CC2)cc(OCC)c1F. The van der Waals surface area contributed by atoms with Gasteiger partial charge in [0.1, 0.15) is 5.52 Å². The Morgan fingerprint density at radius 1 is 1.16 bits per heavy atom. The summed E-state index contributed by atoms with van der Waals surface area (Å²) in [5, 5.41) is 3.39. The topological polar surface area (TPSA) is 85.8 Å². The van der Waals surface area contributed by atoms with Crippen LogP contribution in [0, 0.1) is 5.82 Å². The highest BCUT2D eigenvalue weighted by molar-refractivity contribution is 5.85. The lowest BCUT2D eigenvalue weighted by atomic mass is 10.0. The maximum absolute atomic E-state index is 14.5. The molecular weight excluding hydrogens is 399 g/mol. The van der Waals surface area contributed by atoms with E-state index in [-0.39, 0.29) is 17.5 Å². The fraction of sp³-hybridized carbons (Fsp3) is 0.435. The zero-order valence-corrected chi connectivity index (χ0v) is 18.0. The number of para-hydroxylation sites is 1. The number of hydrogen-bond acceptors (Lipinski definition) is 7. The predicted molar refractivity (Wildman–Crippen MR) is 119 cm³/mol. The molecule has 4 rings (SSSR count). The van der Waals surface area contributed by atoms with Crippen LogP contribution in [0.5, 0.6) is 11.5 Å². The van der Waals surface area contributed by atoms with Crippen molar-refractivity contribution < 1.29 is 18.3 Å². The molecule has 0 amide bonds.